The van der Waals surface area contributed by atoms with Crippen LogP contribution in [0.1, 0.15) is 0 Å². The molecule has 0 radical (unpaired) electrons. The van der Waals surface area contributed by atoms with E-state index in [1.54, 1.807) is 0 Å². The van der Waals surface area contributed by atoms with E-state index in [9.17, 15) is 0 Å². The Labute approximate surface area is 187 Å². The minimum absolute atomic E-state index is 1.16. The van der Waals surface area contributed by atoms with Crippen LogP contribution in [0, 0.1) is 0 Å². The standard InChI is InChI=1S/C28H22N4/c1-31-24-9-5-8-23(19-10-14-29-15-11-19)27(24)32(2)25-18-21-6-3-4-7-22(21)26(28(25)31)20-12-16-30-17-13-20/h3-18H,1-2H3. The van der Waals surface area contributed by atoms with Crippen LogP contribution < -0.4 is 9.80 Å². The smallest absolute Gasteiger partial charge is 0.0736 e. The molecule has 1 aliphatic heterocycles. The lowest BCUT2D eigenvalue weighted by molar-refractivity contribution is 1.10. The molecule has 0 saturated carbocycles. The summed E-state index contributed by atoms with van der Waals surface area (Å²) in [5.74, 6) is 0. The van der Waals surface area contributed by atoms with E-state index in [0.29, 0.717) is 0 Å². The van der Waals surface area contributed by atoms with Crippen molar-refractivity contribution in [1.82, 2.24) is 9.97 Å². The second-order valence-electron chi connectivity index (χ2n) is 8.10. The summed E-state index contributed by atoms with van der Waals surface area (Å²) in [7, 11) is 4.33. The van der Waals surface area contributed by atoms with Crippen LogP contribution in [0.3, 0.4) is 0 Å². The lowest BCUT2D eigenvalue weighted by Crippen LogP contribution is -2.25. The molecule has 0 spiro atoms. The van der Waals surface area contributed by atoms with Crippen LogP contribution in [0.5, 0.6) is 0 Å². The Morgan fingerprint density at radius 1 is 0.594 bits per heavy atom. The summed E-state index contributed by atoms with van der Waals surface area (Å²) >= 11 is 0. The van der Waals surface area contributed by atoms with Crippen molar-refractivity contribution in [3.05, 3.63) is 97.6 Å². The van der Waals surface area contributed by atoms with Gasteiger partial charge in [0.15, 0.2) is 0 Å². The number of rotatable bonds is 2. The molecule has 0 unspecified atom stereocenters. The Hall–Kier alpha value is -4.18. The van der Waals surface area contributed by atoms with E-state index >= 15 is 0 Å². The lowest BCUT2D eigenvalue weighted by atomic mass is 9.92. The number of fused-ring (bicyclic) bond motifs is 3. The molecule has 0 bridgehead atoms. The third-order valence-corrected chi connectivity index (χ3v) is 6.37. The molecule has 3 heterocycles. The van der Waals surface area contributed by atoms with Crippen molar-refractivity contribution >= 4 is 33.5 Å². The first-order valence-corrected chi connectivity index (χ1v) is 10.7. The van der Waals surface area contributed by atoms with Crippen molar-refractivity contribution in [3.8, 4) is 22.3 Å². The van der Waals surface area contributed by atoms with E-state index < -0.39 is 0 Å². The molecule has 0 aliphatic carbocycles. The van der Waals surface area contributed by atoms with Crippen molar-refractivity contribution < 1.29 is 0 Å². The van der Waals surface area contributed by atoms with Gasteiger partial charge in [0.1, 0.15) is 0 Å². The molecule has 4 heteroatoms. The predicted octanol–water partition coefficient (Wildman–Crippen LogP) is 6.81. The predicted molar refractivity (Wildman–Crippen MR) is 133 cm³/mol. The Balaban J connectivity index is 1.68. The molecule has 4 nitrogen and oxygen atoms in total. The Bertz CT molecular complexity index is 1450. The molecule has 32 heavy (non-hydrogen) atoms. The van der Waals surface area contributed by atoms with Crippen molar-refractivity contribution in [2.24, 2.45) is 0 Å². The lowest BCUT2D eigenvalue weighted by Gasteiger charge is -2.39. The van der Waals surface area contributed by atoms with E-state index in [4.69, 9.17) is 0 Å². The van der Waals surface area contributed by atoms with Gasteiger partial charge in [0.25, 0.3) is 0 Å². The van der Waals surface area contributed by atoms with Gasteiger partial charge in [-0.25, -0.2) is 0 Å². The van der Waals surface area contributed by atoms with Crippen LogP contribution in [0.15, 0.2) is 97.6 Å². The van der Waals surface area contributed by atoms with Gasteiger partial charge in [0.05, 0.1) is 22.7 Å². The summed E-state index contributed by atoms with van der Waals surface area (Å²) in [6.07, 6.45) is 7.44. The summed E-state index contributed by atoms with van der Waals surface area (Å²) in [4.78, 5) is 13.1. The quantitative estimate of drug-likeness (QED) is 0.317. The van der Waals surface area contributed by atoms with Crippen LogP contribution in [-0.4, -0.2) is 24.1 Å². The van der Waals surface area contributed by atoms with Gasteiger partial charge in [-0.3, -0.25) is 9.97 Å². The summed E-state index contributed by atoms with van der Waals surface area (Å²) < 4.78 is 0. The van der Waals surface area contributed by atoms with E-state index in [2.05, 4.69) is 107 Å². The van der Waals surface area contributed by atoms with Crippen molar-refractivity contribution in [1.29, 1.82) is 0 Å². The number of benzene rings is 3. The molecule has 0 fully saturated rings. The molecule has 6 rings (SSSR count). The summed E-state index contributed by atoms with van der Waals surface area (Å²) in [5.41, 5.74) is 9.53. The molecule has 5 aromatic rings. The van der Waals surface area contributed by atoms with Gasteiger partial charge in [-0.15, -0.1) is 0 Å². The second kappa shape index (κ2) is 7.20. The Morgan fingerprint density at radius 2 is 1.25 bits per heavy atom. The molecule has 0 saturated heterocycles. The molecule has 3 aromatic carbocycles. The van der Waals surface area contributed by atoms with Crippen LogP contribution in [0.25, 0.3) is 33.0 Å². The first-order valence-electron chi connectivity index (χ1n) is 10.7. The van der Waals surface area contributed by atoms with Crippen molar-refractivity contribution in [2.75, 3.05) is 23.9 Å². The molecule has 0 amide bonds. The normalized spacial score (nSPS) is 12.6. The summed E-state index contributed by atoms with van der Waals surface area (Å²) in [6, 6.07) is 25.8. The van der Waals surface area contributed by atoms with Crippen LogP contribution >= 0.6 is 0 Å². The fourth-order valence-corrected chi connectivity index (χ4v) is 4.89. The third kappa shape index (κ3) is 2.70. The number of pyridine rings is 2. The number of nitrogens with zero attached hydrogens (tertiary/aromatic N) is 4. The van der Waals surface area contributed by atoms with Gasteiger partial charge in [0.2, 0.25) is 0 Å². The van der Waals surface area contributed by atoms with Gasteiger partial charge in [-0.1, -0.05) is 36.4 Å². The number of hydrogen-bond acceptors (Lipinski definition) is 4. The largest absolute Gasteiger partial charge is 0.341 e. The Kier molecular flexibility index (Phi) is 4.18. The molecule has 1 aliphatic rings. The van der Waals surface area contributed by atoms with Crippen molar-refractivity contribution in [2.45, 2.75) is 0 Å². The zero-order valence-corrected chi connectivity index (χ0v) is 18.0. The maximum absolute atomic E-state index is 4.25. The van der Waals surface area contributed by atoms with E-state index in [1.807, 2.05) is 24.8 Å². The van der Waals surface area contributed by atoms with Gasteiger partial charge in [-0.05, 0) is 58.3 Å². The molecule has 0 atom stereocenters. The highest BCUT2D eigenvalue weighted by atomic mass is 15.2. The summed E-state index contributed by atoms with van der Waals surface area (Å²) in [5, 5.41) is 2.47. The fourth-order valence-electron chi connectivity index (χ4n) is 4.89. The molecular formula is C28H22N4. The van der Waals surface area contributed by atoms with E-state index in [1.165, 1.54) is 50.2 Å². The van der Waals surface area contributed by atoms with Crippen LogP contribution in [0.4, 0.5) is 22.7 Å². The average Bonchev–Trinajstić information content (AvgIpc) is 2.86. The highest BCUT2D eigenvalue weighted by Crippen LogP contribution is 2.55. The van der Waals surface area contributed by atoms with Gasteiger partial charge < -0.3 is 9.80 Å². The first kappa shape index (κ1) is 18.6. The van der Waals surface area contributed by atoms with Gasteiger partial charge in [0, 0.05) is 50.0 Å². The average molecular weight is 415 g/mol. The van der Waals surface area contributed by atoms with Crippen LogP contribution in [0.2, 0.25) is 0 Å². The number of anilines is 4. The second-order valence-corrected chi connectivity index (χ2v) is 8.10. The maximum Gasteiger partial charge on any atom is 0.0736 e. The number of para-hydroxylation sites is 1. The highest BCUT2D eigenvalue weighted by molar-refractivity contribution is 6.13. The van der Waals surface area contributed by atoms with Crippen molar-refractivity contribution in [3.63, 3.8) is 0 Å². The SMILES string of the molecule is CN1c2cc3ccccc3c(-c3ccncc3)c2N(C)c2cccc(-c3ccncc3)c21. The van der Waals surface area contributed by atoms with E-state index in [0.717, 1.165) is 5.56 Å². The molecule has 154 valence electrons. The Morgan fingerprint density at radius 3 is 2.00 bits per heavy atom. The minimum atomic E-state index is 1.16. The monoisotopic (exact) mass is 414 g/mol. The number of hydrogen-bond donors (Lipinski definition) is 0. The minimum Gasteiger partial charge on any atom is -0.341 e. The van der Waals surface area contributed by atoms with Crippen LogP contribution in [-0.2, 0) is 0 Å². The molecule has 2 aromatic heterocycles. The summed E-state index contributed by atoms with van der Waals surface area (Å²) in [6.45, 7) is 0. The topological polar surface area (TPSA) is 32.3 Å². The third-order valence-electron chi connectivity index (χ3n) is 6.37. The maximum atomic E-state index is 4.25. The first-order chi connectivity index (χ1) is 15.7. The fraction of sp³-hybridized carbons (Fsp3) is 0.0714. The number of aromatic nitrogens is 2. The van der Waals surface area contributed by atoms with Gasteiger partial charge in [-0.2, -0.15) is 0 Å². The zero-order valence-electron chi connectivity index (χ0n) is 18.0. The zero-order chi connectivity index (χ0) is 21.7. The molecule has 0 N–H and O–H groups in total. The molecular weight excluding hydrogens is 392 g/mol. The highest BCUT2D eigenvalue weighted by Gasteiger charge is 2.30. The van der Waals surface area contributed by atoms with E-state index in [-0.39, 0.29) is 0 Å². The van der Waals surface area contributed by atoms with Gasteiger partial charge >= 0.3 is 0 Å².